The summed E-state index contributed by atoms with van der Waals surface area (Å²) in [6.07, 6.45) is 2.61. The summed E-state index contributed by atoms with van der Waals surface area (Å²) < 4.78 is 29.2. The van der Waals surface area contributed by atoms with Crippen LogP contribution in [-0.4, -0.2) is 42.9 Å². The predicted octanol–water partition coefficient (Wildman–Crippen LogP) is 0.874. The van der Waals surface area contributed by atoms with E-state index in [1.165, 1.54) is 18.3 Å². The van der Waals surface area contributed by atoms with E-state index in [4.69, 9.17) is 9.84 Å². The lowest BCUT2D eigenvalue weighted by Crippen LogP contribution is -2.21. The number of carboxylic acids is 1. The van der Waals surface area contributed by atoms with Crippen molar-refractivity contribution in [3.63, 3.8) is 0 Å². The van der Waals surface area contributed by atoms with E-state index in [-0.39, 0.29) is 23.2 Å². The Bertz CT molecular complexity index is 546. The van der Waals surface area contributed by atoms with E-state index in [9.17, 15) is 13.2 Å². The molecule has 0 radical (unpaired) electrons. The molecule has 19 heavy (non-hydrogen) atoms. The molecule has 0 aliphatic carbocycles. The Morgan fingerprint density at radius 1 is 1.47 bits per heavy atom. The number of hydrogen-bond acceptors (Lipinski definition) is 5. The lowest BCUT2D eigenvalue weighted by Gasteiger charge is -2.09. The third-order valence-corrected chi connectivity index (χ3v) is 4.52. The molecule has 1 aromatic heterocycles. The highest BCUT2D eigenvalue weighted by Gasteiger charge is 2.24. The molecule has 1 aliphatic rings. The van der Waals surface area contributed by atoms with Crippen LogP contribution in [0.15, 0.2) is 18.3 Å². The average molecular weight is 285 g/mol. The van der Waals surface area contributed by atoms with Gasteiger partial charge in [-0.15, -0.1) is 0 Å². The van der Waals surface area contributed by atoms with Crippen LogP contribution in [0.25, 0.3) is 0 Å². The molecule has 0 spiro atoms. The summed E-state index contributed by atoms with van der Waals surface area (Å²) in [5.74, 6) is -1.27. The second-order valence-corrected chi connectivity index (χ2v) is 6.64. The first kappa shape index (κ1) is 14.0. The molecule has 1 fully saturated rings. The van der Waals surface area contributed by atoms with Gasteiger partial charge >= 0.3 is 5.97 Å². The van der Waals surface area contributed by atoms with Crippen LogP contribution in [0.4, 0.5) is 0 Å². The molecule has 1 aliphatic heterocycles. The monoisotopic (exact) mass is 285 g/mol. The van der Waals surface area contributed by atoms with Gasteiger partial charge in [0, 0.05) is 12.8 Å². The topological polar surface area (TPSA) is 93.6 Å². The van der Waals surface area contributed by atoms with E-state index in [0.29, 0.717) is 12.3 Å². The number of sulfone groups is 1. The molecule has 104 valence electrons. The van der Waals surface area contributed by atoms with Gasteiger partial charge in [0.2, 0.25) is 0 Å². The molecule has 0 amide bonds. The second kappa shape index (κ2) is 5.66. The van der Waals surface area contributed by atoms with Crippen LogP contribution >= 0.6 is 0 Å². The molecule has 2 rings (SSSR count). The summed E-state index contributed by atoms with van der Waals surface area (Å²) in [4.78, 5) is 14.5. The molecule has 1 saturated heterocycles. The van der Waals surface area contributed by atoms with Crippen molar-refractivity contribution >= 4 is 15.8 Å². The normalized spacial score (nSPS) is 19.5. The summed E-state index contributed by atoms with van der Waals surface area (Å²) >= 11 is 0. The zero-order valence-electron chi connectivity index (χ0n) is 10.3. The van der Waals surface area contributed by atoms with Crippen LogP contribution in [-0.2, 0) is 20.3 Å². The molecular weight excluding hydrogens is 270 g/mol. The van der Waals surface area contributed by atoms with Crippen LogP contribution in [0.1, 0.15) is 28.9 Å². The summed E-state index contributed by atoms with van der Waals surface area (Å²) in [6.45, 7) is 0.617. The van der Waals surface area contributed by atoms with Crippen molar-refractivity contribution in [2.45, 2.75) is 24.7 Å². The molecule has 0 bridgehead atoms. The van der Waals surface area contributed by atoms with Crippen LogP contribution in [0.5, 0.6) is 0 Å². The number of rotatable bonds is 5. The van der Waals surface area contributed by atoms with Crippen molar-refractivity contribution in [2.75, 3.05) is 12.4 Å². The standard InChI is InChI=1S/C12H15NO5S/c14-12(15)9-3-4-10(13-6-9)7-19(16,17)8-11-2-1-5-18-11/h3-4,6,11H,1-2,5,7-8H2,(H,14,15). The Labute approximate surface area is 111 Å². The summed E-state index contributed by atoms with van der Waals surface area (Å²) in [5.41, 5.74) is 0.392. The van der Waals surface area contributed by atoms with Gasteiger partial charge in [-0.3, -0.25) is 4.98 Å². The van der Waals surface area contributed by atoms with Crippen LogP contribution in [0.2, 0.25) is 0 Å². The molecule has 1 aromatic rings. The largest absolute Gasteiger partial charge is 0.478 e. The molecular formula is C12H15NO5S. The fraction of sp³-hybridized carbons (Fsp3) is 0.500. The third-order valence-electron chi connectivity index (χ3n) is 2.90. The van der Waals surface area contributed by atoms with E-state index in [2.05, 4.69) is 4.98 Å². The van der Waals surface area contributed by atoms with E-state index >= 15 is 0 Å². The van der Waals surface area contributed by atoms with Crippen molar-refractivity contribution in [3.05, 3.63) is 29.6 Å². The maximum Gasteiger partial charge on any atom is 0.337 e. The average Bonchev–Trinajstić information content (AvgIpc) is 2.81. The zero-order chi connectivity index (χ0) is 13.9. The fourth-order valence-corrected chi connectivity index (χ4v) is 3.55. The number of carbonyl (C=O) groups is 1. The van der Waals surface area contributed by atoms with Crippen molar-refractivity contribution in [2.24, 2.45) is 0 Å². The highest BCUT2D eigenvalue weighted by molar-refractivity contribution is 7.90. The maximum absolute atomic E-state index is 11.9. The smallest absolute Gasteiger partial charge is 0.337 e. The third kappa shape index (κ3) is 4.00. The second-order valence-electron chi connectivity index (χ2n) is 4.53. The van der Waals surface area contributed by atoms with Gasteiger partial charge in [-0.05, 0) is 25.0 Å². The first-order valence-electron chi connectivity index (χ1n) is 5.96. The van der Waals surface area contributed by atoms with Crippen molar-refractivity contribution in [1.82, 2.24) is 4.98 Å². The Hall–Kier alpha value is -1.47. The first-order valence-corrected chi connectivity index (χ1v) is 7.79. The van der Waals surface area contributed by atoms with Crippen molar-refractivity contribution in [3.8, 4) is 0 Å². The molecule has 0 saturated carbocycles. The SMILES string of the molecule is O=C(O)c1ccc(CS(=O)(=O)CC2CCCO2)nc1. The first-order chi connectivity index (χ1) is 8.96. The lowest BCUT2D eigenvalue weighted by atomic mass is 10.2. The number of nitrogens with zero attached hydrogens (tertiary/aromatic N) is 1. The minimum Gasteiger partial charge on any atom is -0.478 e. The molecule has 7 heteroatoms. The van der Waals surface area contributed by atoms with Gasteiger partial charge < -0.3 is 9.84 Å². The van der Waals surface area contributed by atoms with Gasteiger partial charge in [-0.1, -0.05) is 0 Å². The molecule has 6 nitrogen and oxygen atoms in total. The Morgan fingerprint density at radius 2 is 2.26 bits per heavy atom. The molecule has 1 N–H and O–H groups in total. The van der Waals surface area contributed by atoms with Crippen LogP contribution in [0, 0.1) is 0 Å². The van der Waals surface area contributed by atoms with Crippen molar-refractivity contribution < 1.29 is 23.1 Å². The van der Waals surface area contributed by atoms with Crippen LogP contribution in [0.3, 0.4) is 0 Å². The number of ether oxygens (including phenoxy) is 1. The van der Waals surface area contributed by atoms with Gasteiger partial charge in [-0.2, -0.15) is 0 Å². The van der Waals surface area contributed by atoms with E-state index < -0.39 is 15.8 Å². The summed E-state index contributed by atoms with van der Waals surface area (Å²) in [7, 11) is -3.29. The van der Waals surface area contributed by atoms with Gasteiger partial charge in [0.25, 0.3) is 0 Å². The highest BCUT2D eigenvalue weighted by atomic mass is 32.2. The lowest BCUT2D eigenvalue weighted by molar-refractivity contribution is 0.0696. The summed E-state index contributed by atoms with van der Waals surface area (Å²) in [5, 5.41) is 8.72. The predicted molar refractivity (Wildman–Crippen MR) is 67.7 cm³/mol. The highest BCUT2D eigenvalue weighted by Crippen LogP contribution is 2.16. The van der Waals surface area contributed by atoms with Gasteiger partial charge in [0.05, 0.1) is 28.9 Å². The number of aromatic nitrogens is 1. The minimum atomic E-state index is -3.29. The zero-order valence-corrected chi connectivity index (χ0v) is 11.1. The van der Waals surface area contributed by atoms with Gasteiger partial charge in [-0.25, -0.2) is 13.2 Å². The van der Waals surface area contributed by atoms with Gasteiger partial charge in [0.1, 0.15) is 0 Å². The molecule has 1 unspecified atom stereocenters. The molecule has 0 aromatic carbocycles. The molecule has 2 heterocycles. The maximum atomic E-state index is 11.9. The number of aromatic carboxylic acids is 1. The quantitative estimate of drug-likeness (QED) is 0.863. The van der Waals surface area contributed by atoms with E-state index in [1.54, 1.807) is 0 Å². The Kier molecular flexibility index (Phi) is 4.16. The Morgan fingerprint density at radius 3 is 2.79 bits per heavy atom. The number of hydrogen-bond donors (Lipinski definition) is 1. The van der Waals surface area contributed by atoms with Crippen molar-refractivity contribution in [1.29, 1.82) is 0 Å². The van der Waals surface area contributed by atoms with Gasteiger partial charge in [0.15, 0.2) is 9.84 Å². The van der Waals surface area contributed by atoms with E-state index in [1.807, 2.05) is 0 Å². The Balaban J connectivity index is 2.00. The fourth-order valence-electron chi connectivity index (χ4n) is 1.98. The molecule has 1 atom stereocenters. The minimum absolute atomic E-state index is 0.00460. The van der Waals surface area contributed by atoms with E-state index in [0.717, 1.165) is 12.8 Å². The number of pyridine rings is 1. The van der Waals surface area contributed by atoms with Crippen LogP contribution < -0.4 is 0 Å². The number of carboxylic acid groups (broad SMARTS) is 1. The summed E-state index contributed by atoms with van der Waals surface area (Å²) in [6, 6.07) is 2.78.